The number of anilines is 1. The van der Waals surface area contributed by atoms with Crippen LogP contribution in [-0.2, 0) is 32.6 Å². The van der Waals surface area contributed by atoms with Gasteiger partial charge in [0, 0.05) is 24.5 Å². The number of hydrogen-bond donors (Lipinski definition) is 1. The average molecular weight is 604 g/mol. The number of hydrogen-bond acceptors (Lipinski definition) is 4. The van der Waals surface area contributed by atoms with Gasteiger partial charge in [0.2, 0.25) is 11.8 Å². The molecule has 2 amide bonds. The van der Waals surface area contributed by atoms with Crippen LogP contribution >= 0.6 is 11.6 Å². The van der Waals surface area contributed by atoms with Crippen molar-refractivity contribution in [3.63, 3.8) is 0 Å². The second kappa shape index (κ2) is 14.2. The molecule has 7 nitrogen and oxygen atoms in total. The molecule has 4 aromatic carbocycles. The maximum absolute atomic E-state index is 14.3. The molecular weight excluding hydrogens is 570 g/mol. The second-order valence-electron chi connectivity index (χ2n) is 9.92. The predicted molar refractivity (Wildman–Crippen MR) is 167 cm³/mol. The molecule has 0 bridgehead atoms. The minimum absolute atomic E-state index is 0.0566. The first kappa shape index (κ1) is 30.8. The minimum atomic E-state index is -4.13. The van der Waals surface area contributed by atoms with E-state index in [0.717, 1.165) is 15.4 Å². The van der Waals surface area contributed by atoms with E-state index in [9.17, 15) is 18.0 Å². The Bertz CT molecular complexity index is 1610. The molecule has 42 heavy (non-hydrogen) atoms. The number of sulfonamides is 1. The Labute approximate surface area is 252 Å². The van der Waals surface area contributed by atoms with Crippen molar-refractivity contribution < 1.29 is 18.0 Å². The molecule has 0 spiro atoms. The number of rotatable bonds is 12. The molecule has 0 radical (unpaired) electrons. The Balaban J connectivity index is 1.79. The first-order valence-corrected chi connectivity index (χ1v) is 15.5. The zero-order valence-corrected chi connectivity index (χ0v) is 25.2. The number of aryl methyl sites for hydroxylation is 1. The van der Waals surface area contributed by atoms with Crippen molar-refractivity contribution >= 4 is 39.1 Å². The summed E-state index contributed by atoms with van der Waals surface area (Å²) in [6.07, 6.45) is 0.245. The summed E-state index contributed by atoms with van der Waals surface area (Å²) in [5, 5.41) is 3.35. The van der Waals surface area contributed by atoms with E-state index in [-0.39, 0.29) is 23.8 Å². The Morgan fingerprint density at radius 2 is 1.48 bits per heavy atom. The van der Waals surface area contributed by atoms with Crippen LogP contribution in [0.5, 0.6) is 0 Å². The summed E-state index contributed by atoms with van der Waals surface area (Å²) in [5.74, 6) is -0.854. The normalized spacial score (nSPS) is 11.9. The molecular formula is C33H34ClN3O4S. The number of nitrogens with one attached hydrogen (secondary N) is 1. The van der Waals surface area contributed by atoms with Gasteiger partial charge in [0.05, 0.1) is 10.6 Å². The van der Waals surface area contributed by atoms with E-state index in [2.05, 4.69) is 5.32 Å². The van der Waals surface area contributed by atoms with Crippen LogP contribution < -0.4 is 9.62 Å². The molecule has 0 aliphatic rings. The standard InChI is InChI=1S/C33H34ClN3O4S/c1-3-35-33(39)31(22-26-13-6-4-7-14-26)36(23-27-15-11-16-28(34)21-27)32(38)24-37(29-17-10-12-25(2)20-29)42(40,41)30-18-8-5-9-19-30/h4-21,31H,3,22-24H2,1-2H3,(H,35,39). The molecule has 9 heteroatoms. The molecule has 0 saturated heterocycles. The third-order valence-electron chi connectivity index (χ3n) is 6.76. The highest BCUT2D eigenvalue weighted by atomic mass is 35.5. The van der Waals surface area contributed by atoms with Gasteiger partial charge in [0.1, 0.15) is 12.6 Å². The van der Waals surface area contributed by atoms with Crippen molar-refractivity contribution in [2.24, 2.45) is 0 Å². The molecule has 4 rings (SSSR count). The summed E-state index contributed by atoms with van der Waals surface area (Å²) in [6.45, 7) is 3.59. The zero-order chi connectivity index (χ0) is 30.1. The van der Waals surface area contributed by atoms with Gasteiger partial charge in [-0.1, -0.05) is 84.4 Å². The predicted octanol–water partition coefficient (Wildman–Crippen LogP) is 5.62. The number of nitrogens with zero attached hydrogens (tertiary/aromatic N) is 2. The van der Waals surface area contributed by atoms with E-state index in [4.69, 9.17) is 11.6 Å². The van der Waals surface area contributed by atoms with Crippen molar-refractivity contribution in [3.8, 4) is 0 Å². The number of amides is 2. The number of halogens is 1. The third kappa shape index (κ3) is 7.78. The SMILES string of the molecule is CCNC(=O)C(Cc1ccccc1)N(Cc1cccc(Cl)c1)C(=O)CN(c1cccc(C)c1)S(=O)(=O)c1ccccc1. The number of benzene rings is 4. The first-order chi connectivity index (χ1) is 20.2. The second-order valence-corrected chi connectivity index (χ2v) is 12.2. The van der Waals surface area contributed by atoms with Gasteiger partial charge in [-0.15, -0.1) is 0 Å². The average Bonchev–Trinajstić information content (AvgIpc) is 2.98. The van der Waals surface area contributed by atoms with Crippen molar-refractivity contribution in [1.82, 2.24) is 10.2 Å². The van der Waals surface area contributed by atoms with E-state index in [1.165, 1.54) is 17.0 Å². The maximum Gasteiger partial charge on any atom is 0.264 e. The third-order valence-corrected chi connectivity index (χ3v) is 8.79. The molecule has 218 valence electrons. The molecule has 1 N–H and O–H groups in total. The zero-order valence-electron chi connectivity index (χ0n) is 23.6. The summed E-state index contributed by atoms with van der Waals surface area (Å²) < 4.78 is 29.0. The summed E-state index contributed by atoms with van der Waals surface area (Å²) in [7, 11) is -4.13. The molecule has 1 unspecified atom stereocenters. The van der Waals surface area contributed by atoms with Crippen molar-refractivity contribution in [3.05, 3.63) is 131 Å². The maximum atomic E-state index is 14.3. The lowest BCUT2D eigenvalue weighted by Crippen LogP contribution is -2.53. The molecule has 0 fully saturated rings. The van der Waals surface area contributed by atoms with Gasteiger partial charge in [-0.25, -0.2) is 8.42 Å². The summed E-state index contributed by atoms with van der Waals surface area (Å²) in [4.78, 5) is 29.3. The van der Waals surface area contributed by atoms with Crippen molar-refractivity contribution in [1.29, 1.82) is 0 Å². The van der Waals surface area contributed by atoms with Crippen LogP contribution in [0.15, 0.2) is 114 Å². The summed E-state index contributed by atoms with van der Waals surface area (Å²) in [6, 6.07) is 30.6. The van der Waals surface area contributed by atoms with E-state index in [1.807, 2.05) is 56.3 Å². The van der Waals surface area contributed by atoms with Crippen molar-refractivity contribution in [2.75, 3.05) is 17.4 Å². The van der Waals surface area contributed by atoms with Crippen LogP contribution in [-0.4, -0.2) is 44.3 Å². The highest BCUT2D eigenvalue weighted by molar-refractivity contribution is 7.92. The lowest BCUT2D eigenvalue weighted by molar-refractivity contribution is -0.140. The molecule has 0 heterocycles. The summed E-state index contributed by atoms with van der Waals surface area (Å²) in [5.41, 5.74) is 2.78. The van der Waals surface area contributed by atoms with Crippen molar-refractivity contribution in [2.45, 2.75) is 37.8 Å². The smallest absolute Gasteiger partial charge is 0.264 e. The van der Waals surface area contributed by atoms with Crippen LogP contribution in [0.3, 0.4) is 0 Å². The Morgan fingerprint density at radius 3 is 2.12 bits per heavy atom. The van der Waals surface area contributed by atoms with Crippen LogP contribution in [0.2, 0.25) is 5.02 Å². The number of carbonyl (C=O) groups is 2. The van der Waals surface area contributed by atoms with E-state index in [1.54, 1.807) is 54.6 Å². The summed E-state index contributed by atoms with van der Waals surface area (Å²) >= 11 is 6.27. The molecule has 0 aliphatic heterocycles. The Kier molecular flexibility index (Phi) is 10.4. The van der Waals surface area contributed by atoms with Crippen LogP contribution in [0.4, 0.5) is 5.69 Å². The van der Waals surface area contributed by atoms with Gasteiger partial charge in [0.25, 0.3) is 10.0 Å². The fraction of sp³-hybridized carbons (Fsp3) is 0.212. The largest absolute Gasteiger partial charge is 0.355 e. The lowest BCUT2D eigenvalue weighted by atomic mass is 10.0. The molecule has 0 saturated carbocycles. The highest BCUT2D eigenvalue weighted by Gasteiger charge is 2.34. The number of likely N-dealkylation sites (N-methyl/N-ethyl adjacent to an activating group) is 1. The lowest BCUT2D eigenvalue weighted by Gasteiger charge is -2.34. The van der Waals surface area contributed by atoms with Crippen LogP contribution in [0.1, 0.15) is 23.6 Å². The number of carbonyl (C=O) groups excluding carboxylic acids is 2. The van der Waals surface area contributed by atoms with E-state index in [0.29, 0.717) is 22.8 Å². The molecule has 0 aliphatic carbocycles. The molecule has 1 atom stereocenters. The van der Waals surface area contributed by atoms with Gasteiger partial charge in [-0.3, -0.25) is 13.9 Å². The fourth-order valence-corrected chi connectivity index (χ4v) is 6.35. The molecule has 4 aromatic rings. The van der Waals surface area contributed by atoms with Gasteiger partial charge in [0.15, 0.2) is 0 Å². The highest BCUT2D eigenvalue weighted by Crippen LogP contribution is 2.26. The first-order valence-electron chi connectivity index (χ1n) is 13.7. The van der Waals surface area contributed by atoms with E-state index < -0.39 is 28.5 Å². The van der Waals surface area contributed by atoms with Gasteiger partial charge >= 0.3 is 0 Å². The molecule has 0 aromatic heterocycles. The minimum Gasteiger partial charge on any atom is -0.355 e. The van der Waals surface area contributed by atoms with Crippen LogP contribution in [0, 0.1) is 6.92 Å². The topological polar surface area (TPSA) is 86.8 Å². The van der Waals surface area contributed by atoms with Gasteiger partial charge in [-0.2, -0.15) is 0 Å². The quantitative estimate of drug-likeness (QED) is 0.228. The van der Waals surface area contributed by atoms with E-state index >= 15 is 0 Å². The Morgan fingerprint density at radius 1 is 0.833 bits per heavy atom. The van der Waals surface area contributed by atoms with Gasteiger partial charge < -0.3 is 10.2 Å². The van der Waals surface area contributed by atoms with Crippen LogP contribution in [0.25, 0.3) is 0 Å². The fourth-order valence-electron chi connectivity index (χ4n) is 4.71. The monoisotopic (exact) mass is 603 g/mol. The van der Waals surface area contributed by atoms with Gasteiger partial charge in [-0.05, 0) is 66.9 Å². The Hall–Kier alpha value is -4.14.